The van der Waals surface area contributed by atoms with Gasteiger partial charge in [-0.25, -0.2) is 4.68 Å². The molecule has 5 heterocycles. The number of cyclic esters (lactones) is 1. The third-order valence-corrected chi connectivity index (χ3v) is 16.3. The lowest BCUT2D eigenvalue weighted by molar-refractivity contribution is -0.318. The van der Waals surface area contributed by atoms with Gasteiger partial charge in [0.2, 0.25) is 0 Å². The number of hydrogen-bond donors (Lipinski definition) is 5. The lowest BCUT2D eigenvalue weighted by Crippen LogP contribution is -2.61. The number of benzene rings is 1. The summed E-state index contributed by atoms with van der Waals surface area (Å²) in [6, 6.07) is 6.56. The zero-order valence-corrected chi connectivity index (χ0v) is 45.6. The van der Waals surface area contributed by atoms with Crippen LogP contribution in [-0.4, -0.2) is 213 Å². The number of likely N-dealkylation sites (N-methyl/N-ethyl adjacent to an activating group) is 2. The zero-order chi connectivity index (χ0) is 53.7. The molecule has 5 N–H and O–H groups in total. The number of morpholine rings is 1. The molecule has 1 aromatic carbocycles. The van der Waals surface area contributed by atoms with Crippen molar-refractivity contribution in [2.45, 2.75) is 198 Å². The summed E-state index contributed by atoms with van der Waals surface area (Å²) in [4.78, 5) is 33.9. The molecular weight excluding hydrogens is 945 g/mol. The van der Waals surface area contributed by atoms with Gasteiger partial charge in [-0.05, 0) is 112 Å². The summed E-state index contributed by atoms with van der Waals surface area (Å²) in [7, 11) is 5.24. The van der Waals surface area contributed by atoms with E-state index in [-0.39, 0.29) is 43.6 Å². The van der Waals surface area contributed by atoms with Crippen molar-refractivity contribution in [1.82, 2.24) is 24.8 Å². The van der Waals surface area contributed by atoms with Crippen LogP contribution in [0.5, 0.6) is 0 Å². The number of aromatic nitrogens is 3. The van der Waals surface area contributed by atoms with E-state index in [9.17, 15) is 35.1 Å². The third kappa shape index (κ3) is 14.0. The van der Waals surface area contributed by atoms with Crippen LogP contribution in [0.25, 0.3) is 0 Å². The number of aliphatic hydroxyl groups is 5. The Kier molecular flexibility index (Phi) is 20.1. The van der Waals surface area contributed by atoms with Crippen LogP contribution < -0.4 is 4.90 Å². The Bertz CT molecular complexity index is 2070. The predicted molar refractivity (Wildman–Crippen MR) is 271 cm³/mol. The monoisotopic (exact) mass is 1030 g/mol. The number of carbonyl (C=O) groups is 2. The molecule has 0 aliphatic carbocycles. The third-order valence-electron chi connectivity index (χ3n) is 16.3. The highest BCUT2D eigenvalue weighted by Crippen LogP contribution is 2.40. The van der Waals surface area contributed by atoms with Crippen LogP contribution in [-0.2, 0) is 50.9 Å². The standard InChI is InChI=1S/C53H88N6O14/c1-14-42-53(10,66)46(62)35(6)57(12)28-31(2)26-51(8,65)48(33(4)45(34(5)49(64)71-42)72-43-27-52(9,67-13)47(63)36(7)70-43)73-50-44(61)40(25-32(3)69-50)56(11)20-19-38-29-59(55-54-38)30-41(60)37-15-17-39(18-16-37)58-21-23-68-24-22-58/h15-18,29,31-36,40,42-48,50,61-63,65-66H,14,19-28,30H2,1-13H3/t31-,32-,33+,34-,35-,36+,40+,42-,43+,44-,45+,46-,47+,48-,50+,51-,52-,53-/m1/s1. The topological polar surface area (TPSA) is 240 Å². The fourth-order valence-corrected chi connectivity index (χ4v) is 11.6. The molecule has 0 unspecified atom stereocenters. The van der Waals surface area contributed by atoms with Crippen molar-refractivity contribution >= 4 is 17.4 Å². The molecule has 414 valence electrons. The van der Waals surface area contributed by atoms with Crippen LogP contribution in [0.15, 0.2) is 30.5 Å². The molecule has 18 atom stereocenters. The number of ether oxygens (including phenoxy) is 7. The summed E-state index contributed by atoms with van der Waals surface area (Å²) in [6.45, 7) is 21.4. The Morgan fingerprint density at radius 3 is 2.26 bits per heavy atom. The SMILES string of the molecule is CC[C@H]1OC(=O)[C@H](C)[C@@H](O[C@H]2C[C@@](C)(OC)[C@@H](O)[C@H](C)O2)[C@H](C)[C@@H](O[C@@H]2O[C@H](C)C[C@H](N(C)CCc3cn(CC(=O)c4ccc(N5CCOCC5)cc4)nn3)[C@H]2O)[C@](C)(O)C[C@@H](C)CN(C)[C@H](C)[C@@H](O)[C@]1(C)O. The minimum absolute atomic E-state index is 0.0335. The van der Waals surface area contributed by atoms with Crippen LogP contribution in [0.4, 0.5) is 5.69 Å². The van der Waals surface area contributed by atoms with Crippen molar-refractivity contribution in [3.63, 3.8) is 0 Å². The van der Waals surface area contributed by atoms with Crippen molar-refractivity contribution in [3.05, 3.63) is 41.7 Å². The zero-order valence-electron chi connectivity index (χ0n) is 45.6. The number of ketones is 1. The number of rotatable bonds is 14. The molecule has 4 aliphatic rings. The molecule has 4 saturated heterocycles. The first-order valence-electron chi connectivity index (χ1n) is 26.4. The number of carbonyl (C=O) groups excluding carboxylic acids is 2. The molecule has 4 fully saturated rings. The highest BCUT2D eigenvalue weighted by Gasteiger charge is 2.53. The number of aliphatic hydroxyl groups excluding tert-OH is 3. The summed E-state index contributed by atoms with van der Waals surface area (Å²) in [5.41, 5.74) is -2.24. The largest absolute Gasteiger partial charge is 0.459 e. The molecule has 0 saturated carbocycles. The summed E-state index contributed by atoms with van der Waals surface area (Å²) in [6.07, 6.45) is -7.00. The maximum Gasteiger partial charge on any atom is 0.311 e. The van der Waals surface area contributed by atoms with E-state index in [1.54, 1.807) is 47.7 Å². The van der Waals surface area contributed by atoms with E-state index in [1.807, 2.05) is 68.9 Å². The van der Waals surface area contributed by atoms with E-state index in [1.165, 1.54) is 18.7 Å². The van der Waals surface area contributed by atoms with Gasteiger partial charge in [0.15, 0.2) is 18.4 Å². The number of nitrogens with zero attached hydrogens (tertiary/aromatic N) is 6. The van der Waals surface area contributed by atoms with Crippen LogP contribution in [0.3, 0.4) is 0 Å². The van der Waals surface area contributed by atoms with Gasteiger partial charge >= 0.3 is 5.97 Å². The van der Waals surface area contributed by atoms with E-state index in [0.717, 1.165) is 18.8 Å². The Hall–Kier alpha value is -3.22. The fourth-order valence-electron chi connectivity index (χ4n) is 11.6. The van der Waals surface area contributed by atoms with Gasteiger partial charge in [0.25, 0.3) is 0 Å². The lowest BCUT2D eigenvalue weighted by atomic mass is 9.77. The second-order valence-electron chi connectivity index (χ2n) is 22.4. The van der Waals surface area contributed by atoms with E-state index in [2.05, 4.69) is 15.2 Å². The minimum Gasteiger partial charge on any atom is -0.459 e. The van der Waals surface area contributed by atoms with E-state index in [4.69, 9.17) is 33.2 Å². The average Bonchev–Trinajstić information content (AvgIpc) is 3.81. The Morgan fingerprint density at radius 1 is 0.945 bits per heavy atom. The molecule has 0 amide bonds. The van der Waals surface area contributed by atoms with Crippen LogP contribution >= 0.6 is 0 Å². The van der Waals surface area contributed by atoms with Gasteiger partial charge in [-0.3, -0.25) is 9.59 Å². The van der Waals surface area contributed by atoms with Crippen molar-refractivity contribution in [3.8, 4) is 0 Å². The lowest BCUT2D eigenvalue weighted by Gasteiger charge is -2.49. The molecule has 2 aromatic rings. The van der Waals surface area contributed by atoms with Gasteiger partial charge in [0, 0.05) is 81.6 Å². The summed E-state index contributed by atoms with van der Waals surface area (Å²) >= 11 is 0. The normalized spacial score (nSPS) is 40.0. The van der Waals surface area contributed by atoms with Crippen molar-refractivity contribution in [2.24, 2.45) is 17.8 Å². The maximum absolute atomic E-state index is 14.5. The first-order valence-corrected chi connectivity index (χ1v) is 26.4. The molecule has 0 bridgehead atoms. The maximum atomic E-state index is 14.5. The number of anilines is 1. The summed E-state index contributed by atoms with van der Waals surface area (Å²) in [5, 5.41) is 68.3. The van der Waals surface area contributed by atoms with Gasteiger partial charge in [0.05, 0.1) is 60.4 Å². The van der Waals surface area contributed by atoms with Gasteiger partial charge in [-0.2, -0.15) is 0 Å². The second-order valence-corrected chi connectivity index (χ2v) is 22.4. The van der Waals surface area contributed by atoms with Gasteiger partial charge in [-0.15, -0.1) is 5.10 Å². The van der Waals surface area contributed by atoms with Gasteiger partial charge in [0.1, 0.15) is 36.6 Å². The van der Waals surface area contributed by atoms with Crippen LogP contribution in [0.2, 0.25) is 0 Å². The van der Waals surface area contributed by atoms with E-state index in [0.29, 0.717) is 50.4 Å². The average molecular weight is 1030 g/mol. The molecule has 0 spiro atoms. The predicted octanol–water partition coefficient (Wildman–Crippen LogP) is 2.82. The fraction of sp³-hybridized carbons (Fsp3) is 0.811. The molecular formula is C53H88N6O14. The van der Waals surface area contributed by atoms with Gasteiger partial charge in [-0.1, -0.05) is 26.0 Å². The first kappa shape index (κ1) is 59.0. The molecule has 1 aromatic heterocycles. The van der Waals surface area contributed by atoms with Crippen molar-refractivity contribution < 1.29 is 68.3 Å². The highest BCUT2D eigenvalue weighted by atomic mass is 16.7. The number of esters is 1. The van der Waals surface area contributed by atoms with Crippen LogP contribution in [0, 0.1) is 17.8 Å². The number of hydrogen-bond acceptors (Lipinski definition) is 19. The number of methoxy groups -OCH3 is 1. The highest BCUT2D eigenvalue weighted by molar-refractivity contribution is 5.96. The number of Topliss-reactive ketones (excluding diaryl/α,β-unsaturated/α-hetero) is 1. The first-order chi connectivity index (χ1) is 34.3. The van der Waals surface area contributed by atoms with Gasteiger partial charge < -0.3 is 73.4 Å². The Morgan fingerprint density at radius 2 is 1.62 bits per heavy atom. The van der Waals surface area contributed by atoms with Crippen molar-refractivity contribution in [1.29, 1.82) is 0 Å². The molecule has 6 rings (SSSR count). The second kappa shape index (κ2) is 24.8. The molecule has 20 heteroatoms. The molecule has 20 nitrogen and oxygen atoms in total. The van der Waals surface area contributed by atoms with E-state index >= 15 is 0 Å². The molecule has 4 aliphatic heterocycles. The summed E-state index contributed by atoms with van der Waals surface area (Å²) < 4.78 is 45.3. The smallest absolute Gasteiger partial charge is 0.311 e. The van der Waals surface area contributed by atoms with Crippen molar-refractivity contribution in [2.75, 3.05) is 65.5 Å². The molecule has 73 heavy (non-hydrogen) atoms. The van der Waals surface area contributed by atoms with Crippen LogP contribution in [0.1, 0.15) is 111 Å². The minimum atomic E-state index is -1.84. The molecule has 0 radical (unpaired) electrons. The Labute approximate surface area is 432 Å². The quantitative estimate of drug-likeness (QED) is 0.135. The van der Waals surface area contributed by atoms with E-state index < -0.39 is 102 Å². The summed E-state index contributed by atoms with van der Waals surface area (Å²) in [5.74, 6) is -2.91. The Balaban J connectivity index is 1.23.